The predicted molar refractivity (Wildman–Crippen MR) is 139 cm³/mol. The zero-order chi connectivity index (χ0) is 26.3. The van der Waals surface area contributed by atoms with Gasteiger partial charge in [0.15, 0.2) is 0 Å². The van der Waals surface area contributed by atoms with Crippen LogP contribution in [0.15, 0.2) is 72.3 Å². The molecule has 0 aliphatic carbocycles. The zero-order valence-corrected chi connectivity index (χ0v) is 20.5. The van der Waals surface area contributed by atoms with Gasteiger partial charge in [-0.2, -0.15) is 0 Å². The Morgan fingerprint density at radius 2 is 1.86 bits per heavy atom. The van der Waals surface area contributed by atoms with E-state index in [1.807, 2.05) is 38.1 Å². The van der Waals surface area contributed by atoms with Crippen molar-refractivity contribution in [3.8, 4) is 5.75 Å². The van der Waals surface area contributed by atoms with Gasteiger partial charge in [-0.1, -0.05) is 24.3 Å². The second-order valence-corrected chi connectivity index (χ2v) is 8.84. The third-order valence-electron chi connectivity index (χ3n) is 6.25. The maximum Gasteiger partial charge on any atom is 0.302 e. The van der Waals surface area contributed by atoms with Crippen LogP contribution >= 0.6 is 0 Å². The Morgan fingerprint density at radius 1 is 1.11 bits per heavy atom. The maximum absolute atomic E-state index is 13.8. The summed E-state index contributed by atoms with van der Waals surface area (Å²) in [7, 11) is 3.81. The van der Waals surface area contributed by atoms with E-state index in [9.17, 15) is 19.1 Å². The van der Waals surface area contributed by atoms with Gasteiger partial charge in [0, 0.05) is 25.3 Å². The molecule has 2 heterocycles. The van der Waals surface area contributed by atoms with Crippen molar-refractivity contribution in [1.29, 1.82) is 0 Å². The number of H-pyrrole nitrogens is 1. The van der Waals surface area contributed by atoms with Gasteiger partial charge >= 0.3 is 5.91 Å². The Bertz CT molecular complexity index is 1540. The van der Waals surface area contributed by atoms with Gasteiger partial charge in [0.25, 0.3) is 5.78 Å². The van der Waals surface area contributed by atoms with E-state index in [0.29, 0.717) is 34.5 Å². The molecule has 1 aromatic heterocycles. The first kappa shape index (κ1) is 24.1. The van der Waals surface area contributed by atoms with Crippen molar-refractivity contribution in [3.05, 3.63) is 89.2 Å². The molecule has 1 amide bonds. The van der Waals surface area contributed by atoms with Crippen LogP contribution < -0.4 is 14.5 Å². The summed E-state index contributed by atoms with van der Waals surface area (Å²) in [4.78, 5) is 37.3. The predicted octanol–water partition coefficient (Wildman–Crippen LogP) is 4.79. The summed E-state index contributed by atoms with van der Waals surface area (Å²) >= 11 is 0. The molecule has 0 saturated carbocycles. The quantitative estimate of drug-likeness (QED) is 0.224. The summed E-state index contributed by atoms with van der Waals surface area (Å²) in [6.45, 7) is 2.27. The van der Waals surface area contributed by atoms with Crippen molar-refractivity contribution >= 4 is 40.1 Å². The third kappa shape index (κ3) is 4.29. The molecule has 1 unspecified atom stereocenters. The Kier molecular flexibility index (Phi) is 6.12. The first-order valence-corrected chi connectivity index (χ1v) is 11.7. The number of aromatic nitrogens is 2. The Labute approximate surface area is 212 Å². The van der Waals surface area contributed by atoms with Crippen molar-refractivity contribution in [2.75, 3.05) is 30.5 Å². The molecule has 1 atom stereocenters. The van der Waals surface area contributed by atoms with Gasteiger partial charge in [0.05, 0.1) is 29.3 Å². The summed E-state index contributed by atoms with van der Waals surface area (Å²) < 4.78 is 19.4. The van der Waals surface area contributed by atoms with Crippen molar-refractivity contribution in [2.24, 2.45) is 0 Å². The second kappa shape index (κ2) is 9.42. The summed E-state index contributed by atoms with van der Waals surface area (Å²) in [6, 6.07) is 17.1. The fourth-order valence-electron chi connectivity index (χ4n) is 4.46. The average Bonchev–Trinajstić information content (AvgIpc) is 3.41. The number of benzene rings is 3. The standard InChI is InChI=1S/C28H25FN4O4/c1-4-37-20-7-5-6-17(14-20)25(34)23-24(16-8-11-19(12-9-16)32(2)3)33(27(36)26(23)35)28-30-21-13-10-18(29)15-22(21)31-28/h5-15,24,34H,4H2,1-3H3,(H,30,31)/b25-23+. The summed E-state index contributed by atoms with van der Waals surface area (Å²) in [5, 5.41) is 11.4. The molecule has 2 N–H and O–H groups in total. The van der Waals surface area contributed by atoms with Gasteiger partial charge < -0.3 is 19.7 Å². The van der Waals surface area contributed by atoms with Crippen LogP contribution in [0.3, 0.4) is 0 Å². The monoisotopic (exact) mass is 500 g/mol. The number of aromatic amines is 1. The number of anilines is 2. The Balaban J connectivity index is 1.70. The molecule has 8 nitrogen and oxygen atoms in total. The van der Waals surface area contributed by atoms with Gasteiger partial charge in [-0.25, -0.2) is 9.37 Å². The molecular weight excluding hydrogens is 475 g/mol. The topological polar surface area (TPSA) is 98.8 Å². The largest absolute Gasteiger partial charge is 0.507 e. The molecule has 0 spiro atoms. The Hall–Kier alpha value is -4.66. The fourth-order valence-corrected chi connectivity index (χ4v) is 4.46. The molecule has 9 heteroatoms. The molecule has 1 aliphatic rings. The number of fused-ring (bicyclic) bond motifs is 1. The molecule has 37 heavy (non-hydrogen) atoms. The lowest BCUT2D eigenvalue weighted by Gasteiger charge is -2.24. The second-order valence-electron chi connectivity index (χ2n) is 8.84. The van der Waals surface area contributed by atoms with Crippen molar-refractivity contribution < 1.29 is 23.8 Å². The highest BCUT2D eigenvalue weighted by Crippen LogP contribution is 2.42. The SMILES string of the molecule is CCOc1cccc(/C(O)=C2\C(=O)C(=O)N(c3nc4ccc(F)cc4[nH]3)C2c2ccc(N(C)C)cc2)c1. The summed E-state index contributed by atoms with van der Waals surface area (Å²) in [5.74, 6) is -1.91. The molecule has 4 aromatic rings. The van der Waals surface area contributed by atoms with E-state index in [-0.39, 0.29) is 17.3 Å². The zero-order valence-electron chi connectivity index (χ0n) is 20.5. The van der Waals surface area contributed by atoms with Crippen LogP contribution in [0.25, 0.3) is 16.8 Å². The number of halogens is 1. The van der Waals surface area contributed by atoms with E-state index < -0.39 is 23.5 Å². The number of nitrogens with one attached hydrogen (secondary N) is 1. The number of amides is 1. The number of rotatable bonds is 6. The van der Waals surface area contributed by atoms with E-state index >= 15 is 0 Å². The van der Waals surface area contributed by atoms with Gasteiger partial charge in [-0.05, 0) is 55.0 Å². The van der Waals surface area contributed by atoms with Crippen LogP contribution in [0.5, 0.6) is 5.75 Å². The first-order chi connectivity index (χ1) is 17.8. The highest BCUT2D eigenvalue weighted by molar-refractivity contribution is 6.51. The number of aliphatic hydroxyl groups excluding tert-OH is 1. The lowest BCUT2D eigenvalue weighted by atomic mass is 9.95. The highest BCUT2D eigenvalue weighted by atomic mass is 19.1. The minimum Gasteiger partial charge on any atom is -0.507 e. The summed E-state index contributed by atoms with van der Waals surface area (Å²) in [5.41, 5.74) is 2.59. The molecular formula is C28H25FN4O4. The van der Waals surface area contributed by atoms with Crippen LogP contribution in [0.2, 0.25) is 0 Å². The van der Waals surface area contributed by atoms with Gasteiger partial charge in [-0.3, -0.25) is 14.5 Å². The minimum absolute atomic E-state index is 0.0755. The molecule has 3 aromatic carbocycles. The normalized spacial score (nSPS) is 17.0. The van der Waals surface area contributed by atoms with E-state index in [0.717, 1.165) is 5.69 Å². The molecule has 0 bridgehead atoms. The molecule has 5 rings (SSSR count). The van der Waals surface area contributed by atoms with Crippen LogP contribution in [-0.4, -0.2) is 47.5 Å². The maximum atomic E-state index is 13.8. The minimum atomic E-state index is -0.975. The molecule has 1 aliphatic heterocycles. The number of imidazole rings is 1. The smallest absolute Gasteiger partial charge is 0.302 e. The van der Waals surface area contributed by atoms with Crippen LogP contribution in [0.4, 0.5) is 16.0 Å². The molecule has 0 radical (unpaired) electrons. The molecule has 1 fully saturated rings. The van der Waals surface area contributed by atoms with Crippen molar-refractivity contribution in [2.45, 2.75) is 13.0 Å². The number of hydrogen-bond acceptors (Lipinski definition) is 6. The number of nitrogens with zero attached hydrogens (tertiary/aromatic N) is 3. The Morgan fingerprint density at radius 3 is 2.57 bits per heavy atom. The fraction of sp³-hybridized carbons (Fsp3) is 0.179. The number of aliphatic hydroxyl groups is 1. The van der Waals surface area contributed by atoms with E-state index in [1.54, 1.807) is 36.4 Å². The van der Waals surface area contributed by atoms with Gasteiger partial charge in [0.1, 0.15) is 17.3 Å². The van der Waals surface area contributed by atoms with Gasteiger partial charge in [0.2, 0.25) is 5.95 Å². The molecule has 188 valence electrons. The number of carbonyl (C=O) groups excluding carboxylic acids is 2. The van der Waals surface area contributed by atoms with Crippen molar-refractivity contribution in [1.82, 2.24) is 9.97 Å². The first-order valence-electron chi connectivity index (χ1n) is 11.7. The van der Waals surface area contributed by atoms with E-state index in [2.05, 4.69) is 9.97 Å². The van der Waals surface area contributed by atoms with Crippen LogP contribution in [0.1, 0.15) is 24.1 Å². The van der Waals surface area contributed by atoms with Gasteiger partial charge in [-0.15, -0.1) is 0 Å². The van der Waals surface area contributed by atoms with E-state index in [1.165, 1.54) is 23.1 Å². The molecule has 1 saturated heterocycles. The summed E-state index contributed by atoms with van der Waals surface area (Å²) in [6.07, 6.45) is 0. The number of ether oxygens (including phenoxy) is 1. The number of hydrogen-bond donors (Lipinski definition) is 2. The lowest BCUT2D eigenvalue weighted by molar-refractivity contribution is -0.132. The lowest BCUT2D eigenvalue weighted by Crippen LogP contribution is -2.30. The van der Waals surface area contributed by atoms with E-state index in [4.69, 9.17) is 4.74 Å². The number of Topliss-reactive ketones (excluding diaryl/α,β-unsaturated/α-hetero) is 1. The highest BCUT2D eigenvalue weighted by Gasteiger charge is 2.48. The van der Waals surface area contributed by atoms with Crippen LogP contribution in [0, 0.1) is 5.82 Å². The number of carbonyl (C=O) groups is 2. The van der Waals surface area contributed by atoms with Crippen molar-refractivity contribution in [3.63, 3.8) is 0 Å². The number of ketones is 1. The van der Waals surface area contributed by atoms with Crippen LogP contribution in [-0.2, 0) is 9.59 Å². The third-order valence-corrected chi connectivity index (χ3v) is 6.25. The average molecular weight is 501 g/mol.